The van der Waals surface area contributed by atoms with Gasteiger partial charge >= 0.3 is 0 Å². The summed E-state index contributed by atoms with van der Waals surface area (Å²) < 4.78 is 0. The van der Waals surface area contributed by atoms with Crippen molar-refractivity contribution >= 4 is 0 Å². The van der Waals surface area contributed by atoms with E-state index in [0.29, 0.717) is 0 Å². The SMILES string of the molecule is C1CCCCC1.c1ccc(-c2ccccc2)cc1. The lowest BCUT2D eigenvalue weighted by atomic mass is 10.0. The normalized spacial score (nSPS) is 14.4. The van der Waals surface area contributed by atoms with Gasteiger partial charge in [-0.15, -0.1) is 0 Å². The van der Waals surface area contributed by atoms with Crippen LogP contribution >= 0.6 is 0 Å². The Hall–Kier alpha value is -1.56. The largest absolute Gasteiger partial charge is 0.0622 e. The van der Waals surface area contributed by atoms with E-state index in [1.807, 2.05) is 12.1 Å². The number of hydrogen-bond donors (Lipinski definition) is 0. The standard InChI is InChI=1S/C12H10.C6H12/c1-3-7-11(8-4-1)12-9-5-2-6-10-12;1-2-4-6-5-3-1/h1-10H;1-6H2. The minimum Gasteiger partial charge on any atom is -0.0622 e. The Morgan fingerprint density at radius 3 is 0.944 bits per heavy atom. The number of rotatable bonds is 1. The van der Waals surface area contributed by atoms with Crippen molar-refractivity contribution in [1.29, 1.82) is 0 Å². The van der Waals surface area contributed by atoms with Gasteiger partial charge in [-0.05, 0) is 11.1 Å². The summed E-state index contributed by atoms with van der Waals surface area (Å²) in [5.41, 5.74) is 2.55. The Balaban J connectivity index is 0.000000169. The van der Waals surface area contributed by atoms with E-state index in [1.165, 1.54) is 49.7 Å². The quantitative estimate of drug-likeness (QED) is 0.598. The van der Waals surface area contributed by atoms with Crippen molar-refractivity contribution in [2.45, 2.75) is 38.5 Å². The van der Waals surface area contributed by atoms with E-state index in [4.69, 9.17) is 0 Å². The molecule has 0 aliphatic heterocycles. The van der Waals surface area contributed by atoms with E-state index in [1.54, 1.807) is 0 Å². The summed E-state index contributed by atoms with van der Waals surface area (Å²) in [6.45, 7) is 0. The Bertz CT molecular complexity index is 363. The van der Waals surface area contributed by atoms with E-state index in [9.17, 15) is 0 Å². The molecule has 0 unspecified atom stereocenters. The monoisotopic (exact) mass is 238 g/mol. The van der Waals surface area contributed by atoms with Gasteiger partial charge in [-0.25, -0.2) is 0 Å². The fourth-order valence-corrected chi connectivity index (χ4v) is 2.32. The van der Waals surface area contributed by atoms with Crippen LogP contribution in [-0.2, 0) is 0 Å². The molecule has 3 rings (SSSR count). The predicted octanol–water partition coefficient (Wildman–Crippen LogP) is 5.69. The third kappa shape index (κ3) is 4.37. The van der Waals surface area contributed by atoms with E-state index in [2.05, 4.69) is 48.5 Å². The summed E-state index contributed by atoms with van der Waals surface area (Å²) >= 11 is 0. The average molecular weight is 238 g/mol. The topological polar surface area (TPSA) is 0 Å². The van der Waals surface area contributed by atoms with Gasteiger partial charge in [0.05, 0.1) is 0 Å². The van der Waals surface area contributed by atoms with Crippen molar-refractivity contribution in [3.8, 4) is 11.1 Å². The van der Waals surface area contributed by atoms with Crippen LogP contribution in [0.25, 0.3) is 11.1 Å². The second-order valence-corrected chi connectivity index (χ2v) is 4.85. The highest BCUT2D eigenvalue weighted by Gasteiger charge is 1.95. The van der Waals surface area contributed by atoms with Gasteiger partial charge in [-0.2, -0.15) is 0 Å². The van der Waals surface area contributed by atoms with Crippen molar-refractivity contribution in [3.05, 3.63) is 60.7 Å². The van der Waals surface area contributed by atoms with Crippen LogP contribution in [0.3, 0.4) is 0 Å². The number of hydrogen-bond acceptors (Lipinski definition) is 0. The van der Waals surface area contributed by atoms with Crippen LogP contribution in [0, 0.1) is 0 Å². The van der Waals surface area contributed by atoms with Gasteiger partial charge in [-0.3, -0.25) is 0 Å². The molecule has 1 saturated carbocycles. The van der Waals surface area contributed by atoms with Crippen LogP contribution in [0.2, 0.25) is 0 Å². The van der Waals surface area contributed by atoms with E-state index in [-0.39, 0.29) is 0 Å². The smallest absolute Gasteiger partial charge is 0.0184 e. The van der Waals surface area contributed by atoms with Crippen LogP contribution < -0.4 is 0 Å². The molecule has 1 aliphatic carbocycles. The highest BCUT2D eigenvalue weighted by molar-refractivity contribution is 5.62. The fraction of sp³-hybridized carbons (Fsp3) is 0.333. The van der Waals surface area contributed by atoms with Crippen molar-refractivity contribution in [2.24, 2.45) is 0 Å². The van der Waals surface area contributed by atoms with Crippen molar-refractivity contribution in [1.82, 2.24) is 0 Å². The van der Waals surface area contributed by atoms with Crippen LogP contribution in [0.4, 0.5) is 0 Å². The van der Waals surface area contributed by atoms with Gasteiger partial charge in [0.15, 0.2) is 0 Å². The third-order valence-corrected chi connectivity index (χ3v) is 3.38. The average Bonchev–Trinajstić information content (AvgIpc) is 2.51. The summed E-state index contributed by atoms with van der Waals surface area (Å²) in [6, 6.07) is 20.8. The Labute approximate surface area is 111 Å². The zero-order valence-corrected chi connectivity index (χ0v) is 11.0. The second kappa shape index (κ2) is 7.71. The third-order valence-electron chi connectivity index (χ3n) is 3.38. The van der Waals surface area contributed by atoms with Crippen LogP contribution in [0.5, 0.6) is 0 Å². The maximum absolute atomic E-state index is 2.12. The lowest BCUT2D eigenvalue weighted by molar-refractivity contribution is 0.504. The molecule has 0 heterocycles. The summed E-state index contributed by atoms with van der Waals surface area (Å²) in [6.07, 6.45) is 9.00. The van der Waals surface area contributed by atoms with Gasteiger partial charge in [-0.1, -0.05) is 99.2 Å². The van der Waals surface area contributed by atoms with E-state index in [0.717, 1.165) is 0 Å². The lowest BCUT2D eigenvalue weighted by Gasteiger charge is -2.05. The van der Waals surface area contributed by atoms with Gasteiger partial charge in [0.25, 0.3) is 0 Å². The molecule has 2 aromatic rings. The van der Waals surface area contributed by atoms with Crippen molar-refractivity contribution in [3.63, 3.8) is 0 Å². The minimum atomic E-state index is 1.28. The first kappa shape index (κ1) is 12.9. The molecule has 0 spiro atoms. The molecule has 0 N–H and O–H groups in total. The Morgan fingerprint density at radius 2 is 0.667 bits per heavy atom. The van der Waals surface area contributed by atoms with E-state index < -0.39 is 0 Å². The van der Waals surface area contributed by atoms with Gasteiger partial charge in [0.2, 0.25) is 0 Å². The van der Waals surface area contributed by atoms with Crippen molar-refractivity contribution < 1.29 is 0 Å². The van der Waals surface area contributed by atoms with Gasteiger partial charge < -0.3 is 0 Å². The molecule has 0 atom stereocenters. The molecular weight excluding hydrogens is 216 g/mol. The zero-order valence-electron chi connectivity index (χ0n) is 11.0. The summed E-state index contributed by atoms with van der Waals surface area (Å²) in [4.78, 5) is 0. The second-order valence-electron chi connectivity index (χ2n) is 4.85. The summed E-state index contributed by atoms with van der Waals surface area (Å²) in [7, 11) is 0. The first-order valence-electron chi connectivity index (χ1n) is 7.07. The van der Waals surface area contributed by atoms with Crippen molar-refractivity contribution in [2.75, 3.05) is 0 Å². The fourth-order valence-electron chi connectivity index (χ4n) is 2.32. The Kier molecular flexibility index (Phi) is 5.52. The predicted molar refractivity (Wildman–Crippen MR) is 79.6 cm³/mol. The van der Waals surface area contributed by atoms with Crippen LogP contribution in [0.1, 0.15) is 38.5 Å². The first-order valence-corrected chi connectivity index (χ1v) is 7.07. The molecule has 0 bridgehead atoms. The summed E-state index contributed by atoms with van der Waals surface area (Å²) in [5.74, 6) is 0. The highest BCUT2D eigenvalue weighted by atomic mass is 14.0. The van der Waals surface area contributed by atoms with Gasteiger partial charge in [0, 0.05) is 0 Å². The van der Waals surface area contributed by atoms with Crippen LogP contribution in [-0.4, -0.2) is 0 Å². The zero-order chi connectivity index (χ0) is 12.5. The molecule has 0 heteroatoms. The molecule has 0 saturated heterocycles. The molecule has 1 fully saturated rings. The molecule has 94 valence electrons. The Morgan fingerprint density at radius 1 is 0.389 bits per heavy atom. The molecule has 0 amide bonds. The number of benzene rings is 2. The molecule has 18 heavy (non-hydrogen) atoms. The molecule has 1 aliphatic rings. The molecular formula is C18H22. The van der Waals surface area contributed by atoms with Crippen LogP contribution in [0.15, 0.2) is 60.7 Å². The maximum Gasteiger partial charge on any atom is -0.0184 e. The maximum atomic E-state index is 2.12. The molecule has 2 aromatic carbocycles. The molecule has 0 nitrogen and oxygen atoms in total. The highest BCUT2D eigenvalue weighted by Crippen LogP contribution is 2.17. The summed E-state index contributed by atoms with van der Waals surface area (Å²) in [5, 5.41) is 0. The molecule has 0 radical (unpaired) electrons. The van der Waals surface area contributed by atoms with E-state index >= 15 is 0 Å². The first-order chi connectivity index (χ1) is 8.97. The molecule has 0 aromatic heterocycles. The van der Waals surface area contributed by atoms with Gasteiger partial charge in [0.1, 0.15) is 0 Å². The minimum absolute atomic E-state index is 1.28. The lowest BCUT2D eigenvalue weighted by Crippen LogP contribution is -1.85.